The molecule has 0 spiro atoms. The Kier molecular flexibility index (Phi) is 5.27. The quantitative estimate of drug-likeness (QED) is 0.513. The van der Waals surface area contributed by atoms with Gasteiger partial charge < -0.3 is 10.2 Å². The SMILES string of the molecule is CCC/C(C(=O)O)=C(/C#N)C(=O)C(C)O. The Morgan fingerprint density at radius 2 is 2.00 bits per heavy atom. The van der Waals surface area contributed by atoms with Gasteiger partial charge in [-0.3, -0.25) is 4.79 Å². The molecule has 5 heteroatoms. The summed E-state index contributed by atoms with van der Waals surface area (Å²) in [7, 11) is 0. The van der Waals surface area contributed by atoms with Gasteiger partial charge >= 0.3 is 5.97 Å². The van der Waals surface area contributed by atoms with Crippen LogP contribution in [0.2, 0.25) is 0 Å². The average molecular weight is 211 g/mol. The number of aliphatic hydroxyl groups excluding tert-OH is 1. The van der Waals surface area contributed by atoms with Crippen LogP contribution in [0.3, 0.4) is 0 Å². The van der Waals surface area contributed by atoms with E-state index in [1.54, 1.807) is 6.92 Å². The highest BCUT2D eigenvalue weighted by atomic mass is 16.4. The topological polar surface area (TPSA) is 98.4 Å². The molecule has 15 heavy (non-hydrogen) atoms. The summed E-state index contributed by atoms with van der Waals surface area (Å²) in [6.07, 6.45) is -0.706. The molecule has 82 valence electrons. The number of carboxylic acid groups (broad SMARTS) is 1. The Labute approximate surface area is 87.6 Å². The number of ketones is 1. The fourth-order valence-corrected chi connectivity index (χ4v) is 1.07. The lowest BCUT2D eigenvalue weighted by Crippen LogP contribution is -2.21. The molecule has 0 aromatic rings. The van der Waals surface area contributed by atoms with Crippen LogP contribution in [0.5, 0.6) is 0 Å². The van der Waals surface area contributed by atoms with E-state index in [1.165, 1.54) is 13.0 Å². The van der Waals surface area contributed by atoms with Crippen molar-refractivity contribution in [2.75, 3.05) is 0 Å². The summed E-state index contributed by atoms with van der Waals surface area (Å²) in [5.41, 5.74) is -0.690. The van der Waals surface area contributed by atoms with Crippen molar-refractivity contribution in [1.29, 1.82) is 5.26 Å². The number of rotatable bonds is 5. The normalized spacial score (nSPS) is 13.7. The molecule has 1 atom stereocenters. The lowest BCUT2D eigenvalue weighted by molar-refractivity contribution is -0.133. The monoisotopic (exact) mass is 211 g/mol. The van der Waals surface area contributed by atoms with E-state index < -0.39 is 23.4 Å². The Balaban J connectivity index is 5.35. The smallest absolute Gasteiger partial charge is 0.333 e. The number of hydrogen-bond donors (Lipinski definition) is 2. The molecule has 0 fully saturated rings. The first-order valence-electron chi connectivity index (χ1n) is 4.54. The number of hydrogen-bond acceptors (Lipinski definition) is 4. The predicted octanol–water partition coefficient (Wildman–Crippen LogP) is 0.641. The largest absolute Gasteiger partial charge is 0.478 e. The van der Waals surface area contributed by atoms with Gasteiger partial charge in [0, 0.05) is 0 Å². The maximum Gasteiger partial charge on any atom is 0.333 e. The fourth-order valence-electron chi connectivity index (χ4n) is 1.07. The second-order valence-electron chi connectivity index (χ2n) is 3.06. The summed E-state index contributed by atoms with van der Waals surface area (Å²) < 4.78 is 0. The summed E-state index contributed by atoms with van der Waals surface area (Å²) >= 11 is 0. The maximum absolute atomic E-state index is 11.3. The van der Waals surface area contributed by atoms with Gasteiger partial charge in [-0.15, -0.1) is 0 Å². The van der Waals surface area contributed by atoms with Crippen LogP contribution >= 0.6 is 0 Å². The highest BCUT2D eigenvalue weighted by molar-refractivity contribution is 6.08. The van der Waals surface area contributed by atoms with E-state index in [2.05, 4.69) is 0 Å². The highest BCUT2D eigenvalue weighted by Gasteiger charge is 2.22. The van der Waals surface area contributed by atoms with Gasteiger partial charge in [-0.25, -0.2) is 4.79 Å². The van der Waals surface area contributed by atoms with Crippen molar-refractivity contribution in [3.63, 3.8) is 0 Å². The molecule has 5 nitrogen and oxygen atoms in total. The molecule has 0 heterocycles. The van der Waals surface area contributed by atoms with E-state index >= 15 is 0 Å². The van der Waals surface area contributed by atoms with E-state index in [4.69, 9.17) is 15.5 Å². The third kappa shape index (κ3) is 3.52. The number of carboxylic acids is 1. The molecule has 0 aromatic heterocycles. The summed E-state index contributed by atoms with van der Waals surface area (Å²) in [6.45, 7) is 2.94. The van der Waals surface area contributed by atoms with Crippen molar-refractivity contribution in [3.05, 3.63) is 11.1 Å². The van der Waals surface area contributed by atoms with Crippen molar-refractivity contribution in [1.82, 2.24) is 0 Å². The first-order chi connectivity index (χ1) is 6.95. The summed E-state index contributed by atoms with van der Waals surface area (Å²) in [5.74, 6) is -2.13. The van der Waals surface area contributed by atoms with Gasteiger partial charge in [0.1, 0.15) is 17.7 Å². The minimum Gasteiger partial charge on any atom is -0.478 e. The van der Waals surface area contributed by atoms with Crippen molar-refractivity contribution in [2.24, 2.45) is 0 Å². The molecule has 0 saturated heterocycles. The minimum atomic E-state index is -1.36. The molecule has 0 radical (unpaired) electrons. The first kappa shape index (κ1) is 13.3. The summed E-state index contributed by atoms with van der Waals surface area (Å²) in [4.78, 5) is 22.1. The van der Waals surface area contributed by atoms with Crippen LogP contribution in [0.4, 0.5) is 0 Å². The number of carbonyl (C=O) groups is 2. The molecule has 0 aromatic carbocycles. The zero-order chi connectivity index (χ0) is 12.0. The van der Waals surface area contributed by atoms with Crippen molar-refractivity contribution < 1.29 is 19.8 Å². The fraction of sp³-hybridized carbons (Fsp3) is 0.500. The van der Waals surface area contributed by atoms with Crippen LogP contribution in [0.15, 0.2) is 11.1 Å². The number of nitrogens with zero attached hydrogens (tertiary/aromatic N) is 1. The Morgan fingerprint density at radius 1 is 1.47 bits per heavy atom. The molecular formula is C10H13NO4. The summed E-state index contributed by atoms with van der Waals surface area (Å²) in [5, 5.41) is 26.5. The van der Waals surface area contributed by atoms with E-state index in [-0.39, 0.29) is 12.0 Å². The van der Waals surface area contributed by atoms with Crippen LogP contribution in [-0.2, 0) is 9.59 Å². The first-order valence-corrected chi connectivity index (χ1v) is 4.54. The molecule has 0 rings (SSSR count). The maximum atomic E-state index is 11.3. The van der Waals surface area contributed by atoms with Crippen LogP contribution in [0, 0.1) is 11.3 Å². The molecule has 0 aliphatic carbocycles. The standard InChI is InChI=1S/C10H13NO4/c1-3-4-7(10(14)15)8(5-11)9(13)6(2)12/h6,12H,3-4H2,1-2H3,(H,14,15)/b8-7+. The van der Waals surface area contributed by atoms with Gasteiger partial charge in [0.2, 0.25) is 5.78 Å². The third-order valence-electron chi connectivity index (χ3n) is 1.80. The highest BCUT2D eigenvalue weighted by Crippen LogP contribution is 2.13. The molecule has 0 saturated carbocycles. The van der Waals surface area contributed by atoms with E-state index in [9.17, 15) is 9.59 Å². The van der Waals surface area contributed by atoms with Gasteiger partial charge in [0.05, 0.1) is 5.57 Å². The van der Waals surface area contributed by atoms with Crippen molar-refractivity contribution >= 4 is 11.8 Å². The lowest BCUT2D eigenvalue weighted by atomic mass is 9.99. The zero-order valence-electron chi connectivity index (χ0n) is 8.65. The van der Waals surface area contributed by atoms with E-state index in [0.717, 1.165) is 0 Å². The second kappa shape index (κ2) is 5.94. The predicted molar refractivity (Wildman–Crippen MR) is 51.9 cm³/mol. The molecule has 0 amide bonds. The van der Waals surface area contributed by atoms with Crippen molar-refractivity contribution in [3.8, 4) is 6.07 Å². The molecule has 0 aliphatic rings. The van der Waals surface area contributed by atoms with Gasteiger partial charge in [-0.05, 0) is 13.3 Å². The number of carbonyl (C=O) groups excluding carboxylic acids is 1. The van der Waals surface area contributed by atoms with E-state index in [0.29, 0.717) is 6.42 Å². The molecule has 2 N–H and O–H groups in total. The average Bonchev–Trinajstić information content (AvgIpc) is 2.16. The van der Waals surface area contributed by atoms with Gasteiger partial charge in [0.15, 0.2) is 0 Å². The minimum absolute atomic E-state index is 0.136. The second-order valence-corrected chi connectivity index (χ2v) is 3.06. The number of Topliss-reactive ketones (excluding diaryl/α,β-unsaturated/α-hetero) is 1. The van der Waals surface area contributed by atoms with Gasteiger partial charge in [-0.1, -0.05) is 13.3 Å². The van der Waals surface area contributed by atoms with Crippen LogP contribution in [-0.4, -0.2) is 28.1 Å². The molecule has 0 aliphatic heterocycles. The Bertz CT molecular complexity index is 336. The molecule has 1 unspecified atom stereocenters. The summed E-state index contributed by atoms with van der Waals surface area (Å²) in [6, 6.07) is 1.54. The zero-order valence-corrected chi connectivity index (χ0v) is 8.65. The Hall–Kier alpha value is -1.67. The van der Waals surface area contributed by atoms with Crippen molar-refractivity contribution in [2.45, 2.75) is 32.8 Å². The van der Waals surface area contributed by atoms with E-state index in [1.807, 2.05) is 0 Å². The lowest BCUT2D eigenvalue weighted by Gasteiger charge is -2.05. The van der Waals surface area contributed by atoms with Gasteiger partial charge in [-0.2, -0.15) is 5.26 Å². The molecular weight excluding hydrogens is 198 g/mol. The van der Waals surface area contributed by atoms with Crippen LogP contribution in [0.25, 0.3) is 0 Å². The van der Waals surface area contributed by atoms with Crippen LogP contribution < -0.4 is 0 Å². The van der Waals surface area contributed by atoms with Crippen LogP contribution in [0.1, 0.15) is 26.7 Å². The number of aliphatic carboxylic acids is 1. The third-order valence-corrected chi connectivity index (χ3v) is 1.80. The number of aliphatic hydroxyl groups is 1. The number of nitriles is 1. The van der Waals surface area contributed by atoms with Gasteiger partial charge in [0.25, 0.3) is 0 Å². The Morgan fingerprint density at radius 3 is 2.27 bits per heavy atom. The molecule has 0 bridgehead atoms.